The number of pyridine rings is 2. The number of likely N-dealkylation sites (tertiary alicyclic amines) is 1. The van der Waals surface area contributed by atoms with Gasteiger partial charge in [0.25, 0.3) is 5.91 Å². The third-order valence-corrected chi connectivity index (χ3v) is 9.46. The summed E-state index contributed by atoms with van der Waals surface area (Å²) in [5.41, 5.74) is 1.53. The summed E-state index contributed by atoms with van der Waals surface area (Å²) in [6.45, 7) is 3.82. The van der Waals surface area contributed by atoms with Crippen molar-refractivity contribution in [1.29, 1.82) is 0 Å². The maximum atomic E-state index is 15.6. The number of likely N-dealkylation sites (N-methyl/N-ethyl adjacent to an activating group) is 1. The number of rotatable bonds is 10. The highest BCUT2D eigenvalue weighted by atomic mass is 32.2. The molecule has 0 atom stereocenters. The lowest BCUT2D eigenvalue weighted by Crippen LogP contribution is -2.51. The van der Waals surface area contributed by atoms with Crippen molar-refractivity contribution >= 4 is 45.9 Å². The van der Waals surface area contributed by atoms with Gasteiger partial charge in [0.2, 0.25) is 5.91 Å². The third-order valence-electron chi connectivity index (χ3n) is 7.41. The SMILES string of the molecule is Cc1ccnc(Nc2ncc(Sc3ccnc(C(=O)NCC4(c5ccccc5)CCN(C(=O)CN(C)C)CC4)c3F)s2)c1. The van der Waals surface area contributed by atoms with E-state index < -0.39 is 11.7 Å². The summed E-state index contributed by atoms with van der Waals surface area (Å²) >= 11 is 2.55. The van der Waals surface area contributed by atoms with Crippen molar-refractivity contribution in [2.24, 2.45) is 0 Å². The van der Waals surface area contributed by atoms with E-state index in [1.165, 1.54) is 29.3 Å². The second-order valence-electron chi connectivity index (χ2n) is 10.8. The van der Waals surface area contributed by atoms with Crippen LogP contribution < -0.4 is 10.6 Å². The number of nitrogens with one attached hydrogen (secondary N) is 2. The van der Waals surface area contributed by atoms with Crippen LogP contribution in [-0.4, -0.2) is 76.8 Å². The minimum absolute atomic E-state index is 0.0898. The Morgan fingerprint density at radius 1 is 1.07 bits per heavy atom. The van der Waals surface area contributed by atoms with E-state index in [0.717, 1.165) is 15.3 Å². The normalized spacial score (nSPS) is 14.5. The number of benzene rings is 1. The lowest BCUT2D eigenvalue weighted by Gasteiger charge is -2.42. The van der Waals surface area contributed by atoms with Crippen molar-refractivity contribution in [2.45, 2.75) is 34.3 Å². The Balaban J connectivity index is 1.26. The summed E-state index contributed by atoms with van der Waals surface area (Å²) < 4.78 is 16.4. The third kappa shape index (κ3) is 7.56. The number of aryl methyl sites for hydroxylation is 1. The summed E-state index contributed by atoms with van der Waals surface area (Å²) in [5.74, 6) is -0.476. The number of anilines is 2. The van der Waals surface area contributed by atoms with Crippen LogP contribution in [0.4, 0.5) is 15.3 Å². The predicted octanol–water partition coefficient (Wildman–Crippen LogP) is 5.13. The highest BCUT2D eigenvalue weighted by Crippen LogP contribution is 2.37. The van der Waals surface area contributed by atoms with Gasteiger partial charge in [-0.05, 0) is 63.2 Å². The molecule has 3 aromatic heterocycles. The van der Waals surface area contributed by atoms with Crippen molar-refractivity contribution in [3.8, 4) is 0 Å². The van der Waals surface area contributed by atoms with E-state index in [2.05, 4.69) is 25.6 Å². The zero-order valence-electron chi connectivity index (χ0n) is 24.3. The molecule has 1 aliphatic rings. The first-order valence-corrected chi connectivity index (χ1v) is 15.6. The van der Waals surface area contributed by atoms with Gasteiger partial charge < -0.3 is 20.4 Å². The molecule has 0 unspecified atom stereocenters. The molecule has 4 heterocycles. The molecule has 1 aliphatic heterocycles. The van der Waals surface area contributed by atoms with Crippen LogP contribution in [0.5, 0.6) is 0 Å². The molecule has 4 aromatic rings. The molecule has 0 saturated carbocycles. The van der Waals surface area contributed by atoms with Crippen LogP contribution in [0.1, 0.15) is 34.5 Å². The molecule has 1 saturated heterocycles. The molecule has 12 heteroatoms. The van der Waals surface area contributed by atoms with Gasteiger partial charge in [0.15, 0.2) is 16.6 Å². The van der Waals surface area contributed by atoms with Crippen LogP contribution in [0.2, 0.25) is 0 Å². The predicted molar refractivity (Wildman–Crippen MR) is 168 cm³/mol. The molecule has 1 aromatic carbocycles. The average molecular weight is 620 g/mol. The van der Waals surface area contributed by atoms with Crippen LogP contribution in [0.15, 0.2) is 76.2 Å². The fourth-order valence-electron chi connectivity index (χ4n) is 5.10. The molecule has 224 valence electrons. The van der Waals surface area contributed by atoms with Crippen molar-refractivity contribution < 1.29 is 14.0 Å². The van der Waals surface area contributed by atoms with Crippen molar-refractivity contribution in [1.82, 2.24) is 30.1 Å². The molecule has 0 bridgehead atoms. The Labute approximate surface area is 259 Å². The maximum Gasteiger partial charge on any atom is 0.273 e. The molecule has 9 nitrogen and oxygen atoms in total. The standard InChI is InChI=1S/C31H34FN7O2S2/c1-21-9-13-33-24(17-21)37-30-35-18-26(43-30)42-23-10-14-34-28(27(23)32)29(41)36-20-31(22-7-5-4-6-8-22)11-15-39(16-12-31)25(40)19-38(2)3/h4-10,13-14,17-18H,11-12,15-16,19-20H2,1-3H3,(H,36,41)(H,33,35,37). The molecule has 0 aliphatic carbocycles. The second-order valence-corrected chi connectivity index (χ2v) is 13.2. The van der Waals surface area contributed by atoms with Crippen LogP contribution in [0, 0.1) is 12.7 Å². The van der Waals surface area contributed by atoms with Gasteiger partial charge in [-0.2, -0.15) is 0 Å². The van der Waals surface area contributed by atoms with E-state index in [0.29, 0.717) is 50.0 Å². The van der Waals surface area contributed by atoms with Crippen LogP contribution in [0.3, 0.4) is 0 Å². The highest BCUT2D eigenvalue weighted by Gasteiger charge is 2.38. The van der Waals surface area contributed by atoms with Gasteiger partial charge in [-0.15, -0.1) is 0 Å². The number of nitrogens with zero attached hydrogens (tertiary/aromatic N) is 5. The Hall–Kier alpha value is -3.87. The quantitative estimate of drug-likeness (QED) is 0.252. The number of halogens is 1. The Morgan fingerprint density at radius 3 is 2.53 bits per heavy atom. The van der Waals surface area contributed by atoms with Gasteiger partial charge in [0.1, 0.15) is 5.82 Å². The second kappa shape index (κ2) is 13.6. The van der Waals surface area contributed by atoms with Crippen LogP contribution >= 0.6 is 23.1 Å². The van der Waals surface area contributed by atoms with Gasteiger partial charge in [-0.25, -0.2) is 19.3 Å². The lowest BCUT2D eigenvalue weighted by molar-refractivity contribution is -0.133. The Bertz CT molecular complexity index is 1570. The lowest BCUT2D eigenvalue weighted by atomic mass is 9.72. The van der Waals surface area contributed by atoms with E-state index in [-0.39, 0.29) is 21.9 Å². The summed E-state index contributed by atoms with van der Waals surface area (Å²) in [6.07, 6.45) is 6.19. The van der Waals surface area contributed by atoms with E-state index in [4.69, 9.17) is 0 Å². The van der Waals surface area contributed by atoms with Crippen molar-refractivity contribution in [3.05, 3.63) is 89.8 Å². The molecule has 0 spiro atoms. The van der Waals surface area contributed by atoms with E-state index in [1.807, 2.05) is 73.3 Å². The Morgan fingerprint density at radius 2 is 1.81 bits per heavy atom. The summed E-state index contributed by atoms with van der Waals surface area (Å²) in [7, 11) is 3.76. The minimum Gasteiger partial charge on any atom is -0.350 e. The largest absolute Gasteiger partial charge is 0.350 e. The number of hydrogen-bond donors (Lipinski definition) is 2. The fourth-order valence-corrected chi connectivity index (χ4v) is 6.96. The van der Waals surface area contributed by atoms with Crippen molar-refractivity contribution in [2.75, 3.05) is 45.6 Å². The maximum absolute atomic E-state index is 15.6. The summed E-state index contributed by atoms with van der Waals surface area (Å²) in [5, 5.41) is 6.76. The smallest absolute Gasteiger partial charge is 0.273 e. The number of carbonyl (C=O) groups excluding carboxylic acids is 2. The molecule has 1 fully saturated rings. The average Bonchev–Trinajstić information content (AvgIpc) is 3.44. The van der Waals surface area contributed by atoms with E-state index in [9.17, 15) is 9.59 Å². The van der Waals surface area contributed by atoms with Gasteiger partial charge in [0.05, 0.1) is 21.8 Å². The molecule has 0 radical (unpaired) electrons. The molecule has 43 heavy (non-hydrogen) atoms. The van der Waals surface area contributed by atoms with E-state index >= 15 is 4.39 Å². The summed E-state index contributed by atoms with van der Waals surface area (Å²) in [6, 6.07) is 15.4. The zero-order chi connectivity index (χ0) is 30.4. The highest BCUT2D eigenvalue weighted by molar-refractivity contribution is 8.01. The first-order valence-electron chi connectivity index (χ1n) is 14.0. The molecular weight excluding hydrogens is 586 g/mol. The van der Waals surface area contributed by atoms with Gasteiger partial charge in [0, 0.05) is 37.4 Å². The number of hydrogen-bond acceptors (Lipinski definition) is 9. The van der Waals surface area contributed by atoms with Gasteiger partial charge >= 0.3 is 0 Å². The monoisotopic (exact) mass is 619 g/mol. The topological polar surface area (TPSA) is 103 Å². The molecule has 2 amide bonds. The number of aromatic nitrogens is 3. The molecular formula is C31H34FN7O2S2. The number of carbonyl (C=O) groups is 2. The zero-order valence-corrected chi connectivity index (χ0v) is 26.0. The van der Waals surface area contributed by atoms with Crippen LogP contribution in [0.25, 0.3) is 0 Å². The van der Waals surface area contributed by atoms with Crippen molar-refractivity contribution in [3.63, 3.8) is 0 Å². The first kappa shape index (κ1) is 30.6. The minimum atomic E-state index is -0.675. The van der Waals surface area contributed by atoms with Gasteiger partial charge in [-0.3, -0.25) is 9.59 Å². The van der Waals surface area contributed by atoms with E-state index in [1.54, 1.807) is 18.5 Å². The summed E-state index contributed by atoms with van der Waals surface area (Å²) in [4.78, 5) is 42.7. The fraction of sp³-hybridized carbons (Fsp3) is 0.323. The number of piperidine rings is 1. The Kier molecular flexibility index (Phi) is 9.69. The number of thiazole rings is 1. The molecule has 2 N–H and O–H groups in total. The van der Waals surface area contributed by atoms with Gasteiger partial charge in [-0.1, -0.05) is 53.4 Å². The van der Waals surface area contributed by atoms with Crippen LogP contribution in [-0.2, 0) is 10.2 Å². The molecule has 5 rings (SSSR count). The first-order chi connectivity index (χ1) is 20.7. The number of amides is 2.